The average Bonchev–Trinajstić information content (AvgIpc) is 2.94. The van der Waals surface area contributed by atoms with Crippen LogP contribution in [-0.4, -0.2) is 50.2 Å². The van der Waals surface area contributed by atoms with E-state index >= 15 is 0 Å². The molecule has 0 aliphatic rings. The highest BCUT2D eigenvalue weighted by Gasteiger charge is 2.28. The normalized spacial score (nSPS) is 12.7. The van der Waals surface area contributed by atoms with Crippen LogP contribution in [0.5, 0.6) is 5.75 Å². The fraction of sp³-hybridized carbons (Fsp3) is 0.344. The fourth-order valence-electron chi connectivity index (χ4n) is 4.19. The van der Waals surface area contributed by atoms with Gasteiger partial charge in [-0.3, -0.25) is 9.59 Å². The van der Waals surface area contributed by atoms with Gasteiger partial charge < -0.3 is 15.2 Å². The van der Waals surface area contributed by atoms with E-state index in [0.29, 0.717) is 5.02 Å². The van der Waals surface area contributed by atoms with Crippen LogP contribution >= 0.6 is 23.4 Å². The van der Waals surface area contributed by atoms with E-state index in [2.05, 4.69) is 5.32 Å². The van der Waals surface area contributed by atoms with E-state index in [1.165, 1.54) is 67.4 Å². The summed E-state index contributed by atoms with van der Waals surface area (Å²) in [6, 6.07) is 13.4. The Hall–Kier alpha value is -3.54. The molecular weight excluding hydrogens is 624 g/mol. The van der Waals surface area contributed by atoms with Crippen molar-refractivity contribution in [3.63, 3.8) is 0 Å². The first-order valence-electron chi connectivity index (χ1n) is 13.7. The fourth-order valence-corrected chi connectivity index (χ4v) is 6.27. The number of hydrogen-bond acceptors (Lipinski definition) is 8. The molecule has 0 bridgehead atoms. The van der Waals surface area contributed by atoms with Gasteiger partial charge in [-0.05, 0) is 71.5 Å². The molecule has 0 aliphatic heterocycles. The van der Waals surface area contributed by atoms with E-state index in [1.54, 1.807) is 0 Å². The number of amides is 2. The maximum Gasteiger partial charge on any atom is 0.329 e. The second-order valence-electron chi connectivity index (χ2n) is 12.2. The number of halogens is 1. The number of thioether (sulfide) groups is 1. The van der Waals surface area contributed by atoms with Gasteiger partial charge in [-0.25, -0.2) is 17.9 Å². The zero-order valence-corrected chi connectivity index (χ0v) is 28.0. The van der Waals surface area contributed by atoms with Gasteiger partial charge in [-0.1, -0.05) is 53.1 Å². The Bertz CT molecular complexity index is 1610. The molecule has 3 aromatic carbocycles. The van der Waals surface area contributed by atoms with Gasteiger partial charge in [0.25, 0.3) is 21.8 Å². The highest BCUT2D eigenvalue weighted by molar-refractivity contribution is 7.99. The van der Waals surface area contributed by atoms with E-state index in [1.807, 2.05) is 58.4 Å². The second kappa shape index (κ2) is 13.6. The molecule has 3 N–H and O–H groups in total. The number of hydrogen-bond donors (Lipinski definition) is 3. The van der Waals surface area contributed by atoms with Crippen LogP contribution in [-0.2, 0) is 30.4 Å². The first kappa shape index (κ1) is 34.9. The number of rotatable bonds is 9. The number of carbonyl (C=O) groups excluding carboxylic acids is 3. The van der Waals surface area contributed by atoms with Crippen molar-refractivity contribution in [2.45, 2.75) is 68.2 Å². The van der Waals surface area contributed by atoms with Crippen LogP contribution in [0.1, 0.15) is 73.4 Å². The molecule has 0 aliphatic carbocycles. The number of ether oxygens (including phenoxy) is 1. The molecule has 0 saturated heterocycles. The predicted octanol–water partition coefficient (Wildman–Crippen LogP) is 5.82. The molecule has 12 heteroatoms. The highest BCUT2D eigenvalue weighted by atomic mass is 35.5. The lowest BCUT2D eigenvalue weighted by molar-refractivity contribution is -0.142. The van der Waals surface area contributed by atoms with Crippen LogP contribution in [0.25, 0.3) is 0 Å². The third-order valence-corrected chi connectivity index (χ3v) is 9.34. The SMILES string of the molecule is COC(=O)[C@H](CSc1cc(C(C)(C)C)c(O)c(C(C)(C)C)c1)NC(=O)c1ccc(C(=O)NS(=O)(=O)c2ccc(Cl)cc2)cc1. The molecule has 0 heterocycles. The molecule has 2 amide bonds. The number of phenols is 1. The predicted molar refractivity (Wildman–Crippen MR) is 172 cm³/mol. The quantitative estimate of drug-likeness (QED) is 0.193. The maximum absolute atomic E-state index is 13.1. The van der Waals surface area contributed by atoms with Crippen LogP contribution in [0, 0.1) is 0 Å². The zero-order valence-electron chi connectivity index (χ0n) is 25.6. The molecule has 9 nitrogen and oxygen atoms in total. The minimum atomic E-state index is -4.14. The van der Waals surface area contributed by atoms with Gasteiger partial charge in [0.1, 0.15) is 11.8 Å². The number of carbonyl (C=O) groups is 3. The van der Waals surface area contributed by atoms with Crippen molar-refractivity contribution in [1.82, 2.24) is 10.0 Å². The summed E-state index contributed by atoms with van der Waals surface area (Å²) in [7, 11) is -2.91. The molecule has 44 heavy (non-hydrogen) atoms. The van der Waals surface area contributed by atoms with E-state index in [0.717, 1.165) is 16.0 Å². The van der Waals surface area contributed by atoms with Crippen molar-refractivity contribution in [2.24, 2.45) is 0 Å². The van der Waals surface area contributed by atoms with Crippen LogP contribution in [0.4, 0.5) is 0 Å². The summed E-state index contributed by atoms with van der Waals surface area (Å²) in [4.78, 5) is 39.0. The van der Waals surface area contributed by atoms with E-state index in [9.17, 15) is 27.9 Å². The summed E-state index contributed by atoms with van der Waals surface area (Å²) < 4.78 is 32.0. The van der Waals surface area contributed by atoms with Gasteiger partial charge in [0.05, 0.1) is 12.0 Å². The van der Waals surface area contributed by atoms with Crippen LogP contribution in [0.3, 0.4) is 0 Å². The standard InChI is InChI=1S/C32H37ClN2O7S2/c1-31(2,3)24-16-22(17-25(27(24)36)32(4,5)6)43-18-26(30(39)42-7)34-28(37)19-8-10-20(11-9-19)29(38)35-44(40,41)23-14-12-21(33)13-15-23/h8-17,26,36H,18H2,1-7H3,(H,34,37)(H,35,38)/t26-/m0/s1. The summed E-state index contributed by atoms with van der Waals surface area (Å²) in [5, 5.41) is 14.0. The first-order valence-corrected chi connectivity index (χ1v) is 16.5. The third kappa shape index (κ3) is 8.77. The lowest BCUT2D eigenvalue weighted by atomic mass is 9.79. The lowest BCUT2D eigenvalue weighted by Crippen LogP contribution is -2.43. The van der Waals surface area contributed by atoms with Crippen molar-refractivity contribution in [3.05, 3.63) is 87.9 Å². The van der Waals surface area contributed by atoms with E-state index in [4.69, 9.17) is 16.3 Å². The zero-order chi connectivity index (χ0) is 33.0. The Morgan fingerprint density at radius 2 is 1.34 bits per heavy atom. The summed E-state index contributed by atoms with van der Waals surface area (Å²) in [5.74, 6) is -1.71. The number of methoxy groups -OCH3 is 1. The largest absolute Gasteiger partial charge is 0.507 e. The van der Waals surface area contributed by atoms with Crippen LogP contribution in [0.15, 0.2) is 70.5 Å². The molecule has 1 atom stereocenters. The summed E-state index contributed by atoms with van der Waals surface area (Å²) in [6.07, 6.45) is 0. The summed E-state index contributed by atoms with van der Waals surface area (Å²) in [5.41, 5.74) is 1.04. The van der Waals surface area contributed by atoms with Gasteiger partial charge in [-0.15, -0.1) is 11.8 Å². The number of phenolic OH excluding ortho intramolecular Hbond substituents is 1. The van der Waals surface area contributed by atoms with Gasteiger partial charge in [0.2, 0.25) is 0 Å². The van der Waals surface area contributed by atoms with E-state index < -0.39 is 33.8 Å². The molecule has 0 unspecified atom stereocenters. The minimum Gasteiger partial charge on any atom is -0.507 e. The number of nitrogens with one attached hydrogen (secondary N) is 2. The summed E-state index contributed by atoms with van der Waals surface area (Å²) >= 11 is 7.15. The Morgan fingerprint density at radius 3 is 1.80 bits per heavy atom. The lowest BCUT2D eigenvalue weighted by Gasteiger charge is -2.28. The number of benzene rings is 3. The molecule has 0 fully saturated rings. The van der Waals surface area contributed by atoms with Gasteiger partial charge in [0.15, 0.2) is 0 Å². The molecule has 0 aromatic heterocycles. The van der Waals surface area contributed by atoms with E-state index in [-0.39, 0.29) is 38.4 Å². The van der Waals surface area contributed by atoms with Crippen LogP contribution < -0.4 is 10.0 Å². The molecule has 3 aromatic rings. The topological polar surface area (TPSA) is 139 Å². The van der Waals surface area contributed by atoms with Crippen molar-refractivity contribution in [3.8, 4) is 5.75 Å². The summed E-state index contributed by atoms with van der Waals surface area (Å²) in [6.45, 7) is 12.0. The van der Waals surface area contributed by atoms with Crippen LogP contribution in [0.2, 0.25) is 5.02 Å². The number of aromatic hydroxyl groups is 1. The van der Waals surface area contributed by atoms with Gasteiger partial charge in [0, 0.05) is 37.9 Å². The smallest absolute Gasteiger partial charge is 0.329 e. The Morgan fingerprint density at radius 1 is 0.864 bits per heavy atom. The number of esters is 1. The molecule has 0 radical (unpaired) electrons. The van der Waals surface area contributed by atoms with Crippen molar-refractivity contribution >= 4 is 51.2 Å². The first-order chi connectivity index (χ1) is 20.3. The monoisotopic (exact) mass is 660 g/mol. The maximum atomic E-state index is 13.1. The highest BCUT2D eigenvalue weighted by Crippen LogP contribution is 2.41. The van der Waals surface area contributed by atoms with Crippen molar-refractivity contribution < 1.29 is 32.6 Å². The van der Waals surface area contributed by atoms with Gasteiger partial charge in [-0.2, -0.15) is 0 Å². The third-order valence-electron chi connectivity index (χ3n) is 6.67. The average molecular weight is 661 g/mol. The van der Waals surface area contributed by atoms with Crippen molar-refractivity contribution in [2.75, 3.05) is 12.9 Å². The molecule has 3 rings (SSSR count). The Kier molecular flexibility index (Phi) is 10.8. The number of sulfonamides is 1. The molecule has 236 valence electrons. The Labute approximate surface area is 267 Å². The minimum absolute atomic E-state index is 0.01000. The molecule has 0 saturated carbocycles. The second-order valence-corrected chi connectivity index (χ2v) is 15.4. The Balaban J connectivity index is 1.75. The van der Waals surface area contributed by atoms with Gasteiger partial charge >= 0.3 is 5.97 Å². The molecule has 0 spiro atoms. The molecular formula is C32H37ClN2O7S2. The van der Waals surface area contributed by atoms with Crippen molar-refractivity contribution in [1.29, 1.82) is 0 Å².